The van der Waals surface area contributed by atoms with Gasteiger partial charge in [0.2, 0.25) is 0 Å². The summed E-state index contributed by atoms with van der Waals surface area (Å²) >= 11 is 7.27. The van der Waals surface area contributed by atoms with Gasteiger partial charge in [-0.05, 0) is 35.6 Å². The number of aryl methyl sites for hydroxylation is 1. The van der Waals surface area contributed by atoms with Gasteiger partial charge in [0.05, 0.1) is 11.7 Å². The lowest BCUT2D eigenvalue weighted by Crippen LogP contribution is -2.28. The van der Waals surface area contributed by atoms with Crippen LogP contribution in [0.1, 0.15) is 27.6 Å². The zero-order chi connectivity index (χ0) is 13.8. The van der Waals surface area contributed by atoms with Crippen molar-refractivity contribution in [2.24, 2.45) is 0 Å². The van der Waals surface area contributed by atoms with Crippen molar-refractivity contribution in [1.29, 1.82) is 0 Å². The van der Waals surface area contributed by atoms with E-state index >= 15 is 0 Å². The Kier molecular flexibility index (Phi) is 4.58. The second-order valence-electron chi connectivity index (χ2n) is 4.25. The Morgan fingerprint density at radius 2 is 2.05 bits per heavy atom. The van der Waals surface area contributed by atoms with Crippen molar-refractivity contribution in [3.8, 4) is 0 Å². The lowest BCUT2D eigenvalue weighted by atomic mass is 10.1. The van der Waals surface area contributed by atoms with Gasteiger partial charge in [-0.15, -0.1) is 0 Å². The molecule has 0 aliphatic rings. The molecule has 19 heavy (non-hydrogen) atoms. The Labute approximate surface area is 120 Å². The number of nitrogens with one attached hydrogen (secondary N) is 1. The van der Waals surface area contributed by atoms with Gasteiger partial charge in [-0.2, -0.15) is 11.3 Å². The van der Waals surface area contributed by atoms with Gasteiger partial charge in [-0.1, -0.05) is 23.7 Å². The molecule has 1 aromatic carbocycles. The summed E-state index contributed by atoms with van der Waals surface area (Å²) in [5, 5.41) is 17.0. The lowest BCUT2D eigenvalue weighted by Gasteiger charge is -2.12. The Morgan fingerprint density at radius 1 is 1.37 bits per heavy atom. The molecule has 1 aromatic heterocycles. The van der Waals surface area contributed by atoms with E-state index in [0.29, 0.717) is 10.6 Å². The summed E-state index contributed by atoms with van der Waals surface area (Å²) in [4.78, 5) is 11.9. The third-order valence-electron chi connectivity index (χ3n) is 2.81. The van der Waals surface area contributed by atoms with E-state index in [-0.39, 0.29) is 12.5 Å². The van der Waals surface area contributed by atoms with Crippen LogP contribution in [0.4, 0.5) is 0 Å². The minimum absolute atomic E-state index is 0.160. The third kappa shape index (κ3) is 3.56. The smallest absolute Gasteiger partial charge is 0.252 e. The second-order valence-corrected chi connectivity index (χ2v) is 5.43. The predicted molar refractivity (Wildman–Crippen MR) is 77.8 cm³/mol. The van der Waals surface area contributed by atoms with Crippen molar-refractivity contribution < 1.29 is 9.90 Å². The fraction of sp³-hybridized carbons (Fsp3) is 0.214. The highest BCUT2D eigenvalue weighted by Crippen LogP contribution is 2.17. The summed E-state index contributed by atoms with van der Waals surface area (Å²) < 4.78 is 0. The number of hydrogen-bond donors (Lipinski definition) is 2. The molecular weight excluding hydrogens is 282 g/mol. The van der Waals surface area contributed by atoms with Crippen LogP contribution in [0.25, 0.3) is 0 Å². The lowest BCUT2D eigenvalue weighted by molar-refractivity contribution is 0.0916. The molecule has 0 aliphatic carbocycles. The number of hydrogen-bond acceptors (Lipinski definition) is 3. The van der Waals surface area contributed by atoms with Gasteiger partial charge in [-0.3, -0.25) is 4.79 Å². The molecule has 1 heterocycles. The number of benzene rings is 1. The van der Waals surface area contributed by atoms with Crippen LogP contribution in [0, 0.1) is 6.92 Å². The van der Waals surface area contributed by atoms with Crippen LogP contribution >= 0.6 is 22.9 Å². The van der Waals surface area contributed by atoms with Crippen molar-refractivity contribution in [3.63, 3.8) is 0 Å². The van der Waals surface area contributed by atoms with Gasteiger partial charge in [0.25, 0.3) is 5.91 Å². The minimum Gasteiger partial charge on any atom is -0.387 e. The highest BCUT2D eigenvalue weighted by atomic mass is 35.5. The first-order valence-corrected chi connectivity index (χ1v) is 7.14. The van der Waals surface area contributed by atoms with Gasteiger partial charge in [0.1, 0.15) is 0 Å². The SMILES string of the molecule is Cc1cscc1C(=O)NCC(O)c1ccc(Cl)cc1. The molecule has 1 unspecified atom stereocenters. The first-order valence-electron chi connectivity index (χ1n) is 5.82. The average molecular weight is 296 g/mol. The molecule has 0 saturated carbocycles. The molecule has 0 radical (unpaired) electrons. The van der Waals surface area contributed by atoms with E-state index in [1.807, 2.05) is 12.3 Å². The van der Waals surface area contributed by atoms with Crippen molar-refractivity contribution in [2.75, 3.05) is 6.54 Å². The maximum absolute atomic E-state index is 11.9. The standard InChI is InChI=1S/C14H14ClNO2S/c1-9-7-19-8-12(9)14(18)16-6-13(17)10-2-4-11(15)5-3-10/h2-5,7-8,13,17H,6H2,1H3,(H,16,18). The number of carbonyl (C=O) groups excluding carboxylic acids is 1. The van der Waals surface area contributed by atoms with Crippen molar-refractivity contribution in [1.82, 2.24) is 5.32 Å². The van der Waals surface area contributed by atoms with Gasteiger partial charge >= 0.3 is 0 Å². The Morgan fingerprint density at radius 3 is 2.63 bits per heavy atom. The Bertz CT molecular complexity index is 565. The van der Waals surface area contributed by atoms with Crippen LogP contribution in [0.15, 0.2) is 35.0 Å². The molecule has 0 fully saturated rings. The molecule has 5 heteroatoms. The Hall–Kier alpha value is -1.36. The van der Waals surface area contributed by atoms with Gasteiger partial charge in [0.15, 0.2) is 0 Å². The summed E-state index contributed by atoms with van der Waals surface area (Å²) in [5.41, 5.74) is 2.34. The van der Waals surface area contributed by atoms with E-state index in [2.05, 4.69) is 5.32 Å². The molecule has 1 atom stereocenters. The van der Waals surface area contributed by atoms with Crippen LogP contribution in [-0.4, -0.2) is 17.6 Å². The summed E-state index contributed by atoms with van der Waals surface area (Å²) in [6, 6.07) is 6.92. The maximum Gasteiger partial charge on any atom is 0.252 e. The molecular formula is C14H14ClNO2S. The highest BCUT2D eigenvalue weighted by Gasteiger charge is 2.12. The fourth-order valence-electron chi connectivity index (χ4n) is 1.68. The topological polar surface area (TPSA) is 49.3 Å². The molecule has 3 nitrogen and oxygen atoms in total. The molecule has 0 saturated heterocycles. The summed E-state index contributed by atoms with van der Waals surface area (Å²) in [5.74, 6) is -0.160. The number of carbonyl (C=O) groups is 1. The minimum atomic E-state index is -0.736. The number of amides is 1. The number of aliphatic hydroxyl groups excluding tert-OH is 1. The zero-order valence-electron chi connectivity index (χ0n) is 10.4. The maximum atomic E-state index is 11.9. The molecule has 0 bridgehead atoms. The van der Waals surface area contributed by atoms with Crippen molar-refractivity contribution in [3.05, 3.63) is 56.7 Å². The number of halogens is 1. The van der Waals surface area contributed by atoms with E-state index in [4.69, 9.17) is 11.6 Å². The highest BCUT2D eigenvalue weighted by molar-refractivity contribution is 7.08. The van der Waals surface area contributed by atoms with Gasteiger partial charge in [0, 0.05) is 16.9 Å². The van der Waals surface area contributed by atoms with Crippen molar-refractivity contribution >= 4 is 28.8 Å². The largest absolute Gasteiger partial charge is 0.387 e. The fourth-order valence-corrected chi connectivity index (χ4v) is 2.63. The van der Waals surface area contributed by atoms with Crippen LogP contribution in [0.2, 0.25) is 5.02 Å². The van der Waals surface area contributed by atoms with Crippen molar-refractivity contribution in [2.45, 2.75) is 13.0 Å². The summed E-state index contributed by atoms with van der Waals surface area (Å²) in [6.07, 6.45) is -0.736. The van der Waals surface area contributed by atoms with Crippen LogP contribution in [0.5, 0.6) is 0 Å². The zero-order valence-corrected chi connectivity index (χ0v) is 12.0. The summed E-state index contributed by atoms with van der Waals surface area (Å²) in [7, 11) is 0. The first kappa shape index (κ1) is 14.1. The van der Waals surface area contributed by atoms with E-state index in [1.54, 1.807) is 29.6 Å². The Balaban J connectivity index is 1.94. The van der Waals surface area contributed by atoms with Gasteiger partial charge < -0.3 is 10.4 Å². The van der Waals surface area contributed by atoms with E-state index < -0.39 is 6.10 Å². The van der Waals surface area contributed by atoms with Crippen LogP contribution in [-0.2, 0) is 0 Å². The van der Waals surface area contributed by atoms with Crippen LogP contribution in [0.3, 0.4) is 0 Å². The summed E-state index contributed by atoms with van der Waals surface area (Å²) in [6.45, 7) is 2.07. The monoisotopic (exact) mass is 295 g/mol. The molecule has 1 amide bonds. The molecule has 100 valence electrons. The average Bonchev–Trinajstić information content (AvgIpc) is 2.83. The second kappa shape index (κ2) is 6.19. The van der Waals surface area contributed by atoms with E-state index in [0.717, 1.165) is 11.1 Å². The number of rotatable bonds is 4. The quantitative estimate of drug-likeness (QED) is 0.910. The molecule has 2 aromatic rings. The normalized spacial score (nSPS) is 12.2. The molecule has 0 spiro atoms. The van der Waals surface area contributed by atoms with Crippen LogP contribution < -0.4 is 5.32 Å². The number of aliphatic hydroxyl groups is 1. The van der Waals surface area contributed by atoms with Gasteiger partial charge in [-0.25, -0.2) is 0 Å². The van der Waals surface area contributed by atoms with E-state index in [1.165, 1.54) is 11.3 Å². The third-order valence-corrected chi connectivity index (χ3v) is 3.92. The molecule has 2 rings (SSSR count). The first-order chi connectivity index (χ1) is 9.08. The molecule has 2 N–H and O–H groups in total. The number of thiophene rings is 1. The molecule has 0 aliphatic heterocycles. The van der Waals surface area contributed by atoms with E-state index in [9.17, 15) is 9.90 Å². The predicted octanol–water partition coefficient (Wildman–Crippen LogP) is 3.17.